The molecule has 0 spiro atoms. The molecule has 1 aromatic heterocycles. The smallest absolute Gasteiger partial charge is 0.223 e. The van der Waals surface area contributed by atoms with Crippen molar-refractivity contribution in [2.24, 2.45) is 0 Å². The lowest BCUT2D eigenvalue weighted by Crippen LogP contribution is -2.37. The quantitative estimate of drug-likeness (QED) is 0.747. The lowest BCUT2D eigenvalue weighted by Gasteiger charge is -2.32. The van der Waals surface area contributed by atoms with Crippen molar-refractivity contribution < 1.29 is 4.74 Å². The van der Waals surface area contributed by atoms with E-state index < -0.39 is 0 Å². The molecule has 0 aliphatic carbocycles. The van der Waals surface area contributed by atoms with Crippen molar-refractivity contribution in [1.82, 2.24) is 9.97 Å². The molecule has 2 rings (SSSR count). The van der Waals surface area contributed by atoms with Crippen LogP contribution in [0.5, 0.6) is 0 Å². The highest BCUT2D eigenvalue weighted by molar-refractivity contribution is 5.50. The van der Waals surface area contributed by atoms with Crippen LogP contribution in [0.1, 0.15) is 12.8 Å². The predicted molar refractivity (Wildman–Crippen MR) is 63.1 cm³/mol. The van der Waals surface area contributed by atoms with Crippen LogP contribution in [0, 0.1) is 0 Å². The first kappa shape index (κ1) is 10.9. The summed E-state index contributed by atoms with van der Waals surface area (Å²) in [4.78, 5) is 10.1. The second kappa shape index (κ2) is 4.52. The van der Waals surface area contributed by atoms with Crippen molar-refractivity contribution in [3.05, 3.63) is 6.07 Å². The Labute approximate surface area is 94.6 Å². The third-order valence-corrected chi connectivity index (χ3v) is 2.85. The van der Waals surface area contributed by atoms with E-state index in [0.717, 1.165) is 31.9 Å². The summed E-state index contributed by atoms with van der Waals surface area (Å²) in [6, 6.07) is 2.17. The molecule has 1 aromatic rings. The minimum absolute atomic E-state index is 0.217. The maximum atomic E-state index is 5.64. The molecular weight excluding hydrogens is 206 g/mol. The van der Waals surface area contributed by atoms with Crippen LogP contribution in [0.25, 0.3) is 0 Å². The lowest BCUT2D eigenvalue weighted by atomic mass is 10.1. The molecule has 16 heavy (non-hydrogen) atoms. The van der Waals surface area contributed by atoms with Crippen LogP contribution in [0.3, 0.4) is 0 Å². The van der Waals surface area contributed by atoms with Crippen LogP contribution >= 0.6 is 0 Å². The van der Waals surface area contributed by atoms with Gasteiger partial charge in [-0.2, -0.15) is 9.97 Å². The van der Waals surface area contributed by atoms with Crippen LogP contribution in [0.4, 0.5) is 17.6 Å². The summed E-state index contributed by atoms with van der Waals surface area (Å²) in [5.41, 5.74) is 11.2. The van der Waals surface area contributed by atoms with Crippen LogP contribution in [0.15, 0.2) is 6.07 Å². The standard InChI is InChI=1S/C10H17N5O/c1-15(7-2-4-16-5-3-7)9-6-8(11)13-10(12)14-9/h6-7H,2-5H2,1H3,(H4,11,12,13,14). The molecule has 0 saturated carbocycles. The number of rotatable bonds is 2. The van der Waals surface area contributed by atoms with Crippen LogP contribution in [0.2, 0.25) is 0 Å². The molecule has 1 aliphatic rings. The Bertz CT molecular complexity index is 344. The highest BCUT2D eigenvalue weighted by Gasteiger charge is 2.20. The number of nitrogen functional groups attached to an aromatic ring is 2. The van der Waals surface area contributed by atoms with Gasteiger partial charge < -0.3 is 21.1 Å². The largest absolute Gasteiger partial charge is 0.383 e. The zero-order valence-electron chi connectivity index (χ0n) is 9.39. The van der Waals surface area contributed by atoms with Crippen molar-refractivity contribution in [2.45, 2.75) is 18.9 Å². The van der Waals surface area contributed by atoms with E-state index in [2.05, 4.69) is 14.9 Å². The lowest BCUT2D eigenvalue weighted by molar-refractivity contribution is 0.0853. The average Bonchev–Trinajstić information content (AvgIpc) is 2.28. The number of hydrogen-bond donors (Lipinski definition) is 2. The summed E-state index contributed by atoms with van der Waals surface area (Å²) in [7, 11) is 2.00. The molecule has 0 amide bonds. The fourth-order valence-electron chi connectivity index (χ4n) is 1.91. The summed E-state index contributed by atoms with van der Waals surface area (Å²) in [5, 5.41) is 0. The summed E-state index contributed by atoms with van der Waals surface area (Å²) in [6.45, 7) is 1.59. The second-order valence-electron chi connectivity index (χ2n) is 3.96. The first-order valence-corrected chi connectivity index (χ1v) is 5.37. The number of anilines is 3. The zero-order chi connectivity index (χ0) is 11.5. The Morgan fingerprint density at radius 1 is 1.31 bits per heavy atom. The monoisotopic (exact) mass is 223 g/mol. The molecule has 1 fully saturated rings. The Morgan fingerprint density at radius 2 is 2.00 bits per heavy atom. The fourth-order valence-corrected chi connectivity index (χ4v) is 1.91. The van der Waals surface area contributed by atoms with E-state index in [1.165, 1.54) is 0 Å². The van der Waals surface area contributed by atoms with Gasteiger partial charge in [0.05, 0.1) is 0 Å². The highest BCUT2D eigenvalue weighted by atomic mass is 16.5. The molecule has 1 saturated heterocycles. The SMILES string of the molecule is CN(c1cc(N)nc(N)n1)C1CCOCC1. The topological polar surface area (TPSA) is 90.3 Å². The van der Waals surface area contributed by atoms with E-state index in [9.17, 15) is 0 Å². The minimum Gasteiger partial charge on any atom is -0.383 e. The van der Waals surface area contributed by atoms with Gasteiger partial charge in [0.25, 0.3) is 0 Å². The normalized spacial score (nSPS) is 17.3. The minimum atomic E-state index is 0.217. The molecule has 0 unspecified atom stereocenters. The molecule has 1 aliphatic heterocycles. The molecular formula is C10H17N5O. The Morgan fingerprint density at radius 3 is 2.62 bits per heavy atom. The first-order valence-electron chi connectivity index (χ1n) is 5.37. The van der Waals surface area contributed by atoms with Gasteiger partial charge in [0.2, 0.25) is 5.95 Å². The van der Waals surface area contributed by atoms with Crippen molar-refractivity contribution in [2.75, 3.05) is 36.6 Å². The Hall–Kier alpha value is -1.56. The third-order valence-electron chi connectivity index (χ3n) is 2.85. The molecule has 0 atom stereocenters. The second-order valence-corrected chi connectivity index (χ2v) is 3.96. The number of aromatic nitrogens is 2. The molecule has 0 bridgehead atoms. The van der Waals surface area contributed by atoms with Gasteiger partial charge in [0, 0.05) is 32.4 Å². The number of nitrogens with zero attached hydrogens (tertiary/aromatic N) is 3. The molecule has 6 heteroatoms. The van der Waals surface area contributed by atoms with Crippen LogP contribution in [-0.2, 0) is 4.74 Å². The maximum absolute atomic E-state index is 5.64. The number of hydrogen-bond acceptors (Lipinski definition) is 6. The van der Waals surface area contributed by atoms with E-state index in [1.807, 2.05) is 7.05 Å². The van der Waals surface area contributed by atoms with Crippen molar-refractivity contribution in [1.29, 1.82) is 0 Å². The van der Waals surface area contributed by atoms with E-state index in [1.54, 1.807) is 6.07 Å². The molecule has 2 heterocycles. The molecule has 6 nitrogen and oxygen atoms in total. The van der Waals surface area contributed by atoms with E-state index >= 15 is 0 Å². The molecule has 0 radical (unpaired) electrons. The summed E-state index contributed by atoms with van der Waals surface area (Å²) in [5.74, 6) is 1.40. The van der Waals surface area contributed by atoms with Crippen molar-refractivity contribution >= 4 is 17.6 Å². The number of ether oxygens (including phenoxy) is 1. The first-order chi connectivity index (χ1) is 7.66. The molecule has 0 aromatic carbocycles. The predicted octanol–water partition coefficient (Wildman–Crippen LogP) is 0.256. The Kier molecular flexibility index (Phi) is 3.09. The van der Waals surface area contributed by atoms with Crippen molar-refractivity contribution in [3.63, 3.8) is 0 Å². The van der Waals surface area contributed by atoms with Gasteiger partial charge in [-0.25, -0.2) is 0 Å². The van der Waals surface area contributed by atoms with Crippen LogP contribution in [-0.4, -0.2) is 36.3 Å². The number of nitrogens with two attached hydrogens (primary N) is 2. The summed E-state index contributed by atoms with van der Waals surface area (Å²) in [6.07, 6.45) is 2.00. The molecule has 4 N–H and O–H groups in total. The van der Waals surface area contributed by atoms with Gasteiger partial charge in [-0.1, -0.05) is 0 Å². The van der Waals surface area contributed by atoms with Gasteiger partial charge in [-0.05, 0) is 12.8 Å². The van der Waals surface area contributed by atoms with Gasteiger partial charge in [0.1, 0.15) is 11.6 Å². The highest BCUT2D eigenvalue weighted by Crippen LogP contribution is 2.21. The van der Waals surface area contributed by atoms with E-state index in [0.29, 0.717) is 11.9 Å². The van der Waals surface area contributed by atoms with Gasteiger partial charge in [0.15, 0.2) is 0 Å². The average molecular weight is 223 g/mol. The van der Waals surface area contributed by atoms with Gasteiger partial charge in [-0.15, -0.1) is 0 Å². The summed E-state index contributed by atoms with van der Waals surface area (Å²) >= 11 is 0. The van der Waals surface area contributed by atoms with Crippen LogP contribution < -0.4 is 16.4 Å². The van der Waals surface area contributed by atoms with Gasteiger partial charge >= 0.3 is 0 Å². The maximum Gasteiger partial charge on any atom is 0.223 e. The fraction of sp³-hybridized carbons (Fsp3) is 0.600. The van der Waals surface area contributed by atoms with E-state index in [-0.39, 0.29) is 5.95 Å². The van der Waals surface area contributed by atoms with E-state index in [4.69, 9.17) is 16.2 Å². The zero-order valence-corrected chi connectivity index (χ0v) is 9.39. The van der Waals surface area contributed by atoms with Gasteiger partial charge in [-0.3, -0.25) is 0 Å². The molecule has 88 valence electrons. The van der Waals surface area contributed by atoms with Crippen molar-refractivity contribution in [3.8, 4) is 0 Å². The summed E-state index contributed by atoms with van der Waals surface area (Å²) < 4.78 is 5.32. The Balaban J connectivity index is 2.15. The third kappa shape index (κ3) is 2.33.